The number of aliphatic imine (C=N–C) groups is 1. The first kappa shape index (κ1) is 21.4. The fourth-order valence-electron chi connectivity index (χ4n) is 2.70. The second-order valence-electron chi connectivity index (χ2n) is 5.92. The van der Waals surface area contributed by atoms with E-state index in [-0.39, 0.29) is 11.5 Å². The van der Waals surface area contributed by atoms with Crippen LogP contribution in [0.2, 0.25) is 5.02 Å². The van der Waals surface area contributed by atoms with Gasteiger partial charge in [0.25, 0.3) is 5.91 Å². The fourth-order valence-corrected chi connectivity index (χ4v) is 4.67. The van der Waals surface area contributed by atoms with Gasteiger partial charge in [0.1, 0.15) is 5.75 Å². The summed E-state index contributed by atoms with van der Waals surface area (Å²) in [6.45, 7) is 2.31. The van der Waals surface area contributed by atoms with Crippen molar-refractivity contribution in [3.05, 3.63) is 61.9 Å². The van der Waals surface area contributed by atoms with Gasteiger partial charge in [-0.3, -0.25) is 9.69 Å². The van der Waals surface area contributed by atoms with Crippen molar-refractivity contribution in [3.63, 3.8) is 0 Å². The van der Waals surface area contributed by atoms with Gasteiger partial charge >= 0.3 is 5.97 Å². The number of aromatic carboxylic acids is 1. The Bertz CT molecular complexity index is 1040. The Balaban J connectivity index is 1.97. The van der Waals surface area contributed by atoms with Gasteiger partial charge in [-0.2, -0.15) is 0 Å². The number of nitrogens with zero attached hydrogens (tertiary/aromatic N) is 2. The first-order valence-corrected chi connectivity index (χ1v) is 10.5. The molecule has 1 fully saturated rings. The zero-order chi connectivity index (χ0) is 21.1. The van der Waals surface area contributed by atoms with E-state index >= 15 is 0 Å². The molecule has 1 aliphatic rings. The zero-order valence-electron chi connectivity index (χ0n) is 15.5. The molecule has 1 aliphatic heterocycles. The summed E-state index contributed by atoms with van der Waals surface area (Å²) in [5.41, 5.74) is 1.41. The van der Waals surface area contributed by atoms with Crippen LogP contribution in [0.4, 0.5) is 5.69 Å². The van der Waals surface area contributed by atoms with E-state index in [4.69, 9.17) is 21.4 Å². The van der Waals surface area contributed by atoms with Gasteiger partial charge < -0.3 is 9.84 Å². The number of ether oxygens (including phenoxy) is 1. The number of hydrogen-bond acceptors (Lipinski definition) is 5. The molecule has 0 unspecified atom stereocenters. The zero-order valence-corrected chi connectivity index (χ0v) is 18.6. The molecular formula is C20H16BrClN2O4S. The number of halogens is 2. The van der Waals surface area contributed by atoms with E-state index in [1.165, 1.54) is 31.0 Å². The molecule has 0 radical (unpaired) electrons. The third-order valence-corrected chi connectivity index (χ3v) is 5.82. The summed E-state index contributed by atoms with van der Waals surface area (Å²) in [5, 5.41) is 9.96. The largest absolute Gasteiger partial charge is 0.495 e. The van der Waals surface area contributed by atoms with Gasteiger partial charge in [-0.15, -0.1) is 0 Å². The first-order chi connectivity index (χ1) is 13.8. The van der Waals surface area contributed by atoms with Crippen LogP contribution in [0, 0.1) is 0 Å². The number of hydrogen-bond donors (Lipinski definition) is 1. The molecule has 0 bridgehead atoms. The molecule has 3 rings (SSSR count). The summed E-state index contributed by atoms with van der Waals surface area (Å²) in [6, 6.07) is 9.71. The quantitative estimate of drug-likeness (QED) is 0.559. The second kappa shape index (κ2) is 9.02. The molecule has 0 atom stereocenters. The summed E-state index contributed by atoms with van der Waals surface area (Å²) < 4.78 is 6.14. The third kappa shape index (κ3) is 4.66. The number of carbonyl (C=O) groups excluding carboxylic acids is 1. The van der Waals surface area contributed by atoms with Crippen molar-refractivity contribution in [1.82, 2.24) is 4.90 Å². The van der Waals surface area contributed by atoms with Crippen molar-refractivity contribution < 1.29 is 19.4 Å². The lowest BCUT2D eigenvalue weighted by Gasteiger charge is -2.12. The molecule has 1 amide bonds. The minimum absolute atomic E-state index is 0.170. The number of likely N-dealkylation sites (N-methyl/N-ethyl adjacent to an activating group) is 1. The maximum absolute atomic E-state index is 12.8. The highest BCUT2D eigenvalue weighted by Crippen LogP contribution is 2.38. The van der Waals surface area contributed by atoms with Crippen molar-refractivity contribution in [2.24, 2.45) is 4.99 Å². The molecule has 1 heterocycles. The molecule has 2 aromatic rings. The van der Waals surface area contributed by atoms with E-state index in [2.05, 4.69) is 20.9 Å². The molecule has 1 N–H and O–H groups in total. The molecule has 29 heavy (non-hydrogen) atoms. The minimum Gasteiger partial charge on any atom is -0.495 e. The van der Waals surface area contributed by atoms with Crippen LogP contribution in [0.15, 0.2) is 50.8 Å². The predicted molar refractivity (Wildman–Crippen MR) is 119 cm³/mol. The lowest BCUT2D eigenvalue weighted by Crippen LogP contribution is -2.28. The van der Waals surface area contributed by atoms with Gasteiger partial charge in [0.2, 0.25) is 0 Å². The average molecular weight is 496 g/mol. The Labute approximate surface area is 185 Å². The van der Waals surface area contributed by atoms with Gasteiger partial charge in [-0.1, -0.05) is 27.5 Å². The number of carboxylic acid groups (broad SMARTS) is 1. The van der Waals surface area contributed by atoms with E-state index in [0.29, 0.717) is 38.6 Å². The van der Waals surface area contributed by atoms with E-state index in [1.54, 1.807) is 29.2 Å². The van der Waals surface area contributed by atoms with Crippen LogP contribution in [0.3, 0.4) is 0 Å². The number of carboxylic acids is 1. The first-order valence-electron chi connectivity index (χ1n) is 8.50. The molecule has 2 aromatic carbocycles. The minimum atomic E-state index is -1.00. The van der Waals surface area contributed by atoms with Gasteiger partial charge in [-0.05, 0) is 61.2 Å². The number of methoxy groups -OCH3 is 1. The molecule has 0 spiro atoms. The average Bonchev–Trinajstić information content (AvgIpc) is 2.96. The molecule has 6 nitrogen and oxygen atoms in total. The van der Waals surface area contributed by atoms with Crippen LogP contribution in [-0.2, 0) is 4.79 Å². The highest BCUT2D eigenvalue weighted by atomic mass is 79.9. The second-order valence-corrected chi connectivity index (χ2v) is 8.25. The van der Waals surface area contributed by atoms with Crippen LogP contribution in [0.25, 0.3) is 6.08 Å². The summed E-state index contributed by atoms with van der Waals surface area (Å²) in [6.07, 6.45) is 1.72. The Morgan fingerprint density at radius 2 is 2.03 bits per heavy atom. The number of thioether (sulfide) groups is 1. The summed E-state index contributed by atoms with van der Waals surface area (Å²) in [4.78, 5) is 30.4. The standard InChI is InChI=1S/C20H16BrClN2O4S/c1-3-24-18(25)16(9-12-8-13(21)10-15(22)17(12)28-2)29-20(24)23-14-6-4-11(5-7-14)19(26)27/h4-10H,3H2,1-2H3,(H,26,27)/b16-9-,23-20?. The molecular weight excluding hydrogens is 480 g/mol. The number of benzene rings is 2. The highest BCUT2D eigenvalue weighted by molar-refractivity contribution is 9.10. The maximum Gasteiger partial charge on any atom is 0.335 e. The van der Waals surface area contributed by atoms with E-state index < -0.39 is 5.97 Å². The van der Waals surface area contributed by atoms with Crippen LogP contribution in [0.1, 0.15) is 22.8 Å². The SMILES string of the molecule is CCN1C(=O)/C(=C/c2cc(Br)cc(Cl)c2OC)SC1=Nc1ccc(C(=O)O)cc1. The van der Waals surface area contributed by atoms with E-state index in [1.807, 2.05) is 13.0 Å². The molecule has 1 saturated heterocycles. The molecule has 0 saturated carbocycles. The Kier molecular flexibility index (Phi) is 6.66. The summed E-state index contributed by atoms with van der Waals surface area (Å²) in [5.74, 6) is -0.693. The smallest absolute Gasteiger partial charge is 0.335 e. The molecule has 0 aromatic heterocycles. The Morgan fingerprint density at radius 1 is 1.34 bits per heavy atom. The van der Waals surface area contributed by atoms with E-state index in [9.17, 15) is 9.59 Å². The lowest BCUT2D eigenvalue weighted by molar-refractivity contribution is -0.122. The normalized spacial score (nSPS) is 16.7. The number of carbonyl (C=O) groups is 2. The summed E-state index contributed by atoms with van der Waals surface area (Å²) in [7, 11) is 1.52. The van der Waals surface area contributed by atoms with Crippen LogP contribution >= 0.6 is 39.3 Å². The van der Waals surface area contributed by atoms with Crippen molar-refractivity contribution >= 4 is 68.1 Å². The van der Waals surface area contributed by atoms with Gasteiger partial charge in [0, 0.05) is 16.6 Å². The third-order valence-electron chi connectivity index (χ3n) is 4.07. The monoisotopic (exact) mass is 494 g/mol. The van der Waals surface area contributed by atoms with Gasteiger partial charge in [-0.25, -0.2) is 9.79 Å². The van der Waals surface area contributed by atoms with Gasteiger partial charge in [0.05, 0.1) is 28.3 Å². The lowest BCUT2D eigenvalue weighted by atomic mass is 10.2. The molecule has 0 aliphatic carbocycles. The number of rotatable bonds is 5. The van der Waals surface area contributed by atoms with Crippen molar-refractivity contribution in [2.75, 3.05) is 13.7 Å². The van der Waals surface area contributed by atoms with Crippen LogP contribution in [0.5, 0.6) is 5.75 Å². The van der Waals surface area contributed by atoms with Crippen LogP contribution < -0.4 is 4.74 Å². The fraction of sp³-hybridized carbons (Fsp3) is 0.150. The van der Waals surface area contributed by atoms with E-state index in [0.717, 1.165) is 4.47 Å². The van der Waals surface area contributed by atoms with Crippen LogP contribution in [-0.4, -0.2) is 40.7 Å². The Morgan fingerprint density at radius 3 is 2.62 bits per heavy atom. The number of amidine groups is 1. The molecule has 150 valence electrons. The topological polar surface area (TPSA) is 79.2 Å². The Hall–Kier alpha value is -2.29. The van der Waals surface area contributed by atoms with Crippen molar-refractivity contribution in [1.29, 1.82) is 0 Å². The number of amides is 1. The van der Waals surface area contributed by atoms with Crippen molar-refractivity contribution in [3.8, 4) is 5.75 Å². The van der Waals surface area contributed by atoms with Gasteiger partial charge in [0.15, 0.2) is 5.17 Å². The molecule has 9 heteroatoms. The summed E-state index contributed by atoms with van der Waals surface area (Å²) >= 11 is 10.9. The predicted octanol–water partition coefficient (Wildman–Crippen LogP) is 5.43. The maximum atomic E-state index is 12.8. The highest BCUT2D eigenvalue weighted by Gasteiger charge is 2.32. The van der Waals surface area contributed by atoms with Crippen molar-refractivity contribution in [2.45, 2.75) is 6.92 Å².